The Labute approximate surface area is 131 Å². The molecule has 0 fully saturated rings. The molecule has 1 aromatic carbocycles. The van der Waals surface area contributed by atoms with E-state index in [0.717, 1.165) is 12.8 Å². The summed E-state index contributed by atoms with van der Waals surface area (Å²) in [6.45, 7) is 2.99. The van der Waals surface area contributed by atoms with Gasteiger partial charge in [0.1, 0.15) is 11.5 Å². The van der Waals surface area contributed by atoms with Gasteiger partial charge >= 0.3 is 0 Å². The number of unbranched alkanes of at least 4 members (excludes halogenated alkanes) is 1. The van der Waals surface area contributed by atoms with Crippen LogP contribution in [0.2, 0.25) is 0 Å². The van der Waals surface area contributed by atoms with Crippen molar-refractivity contribution < 1.29 is 19.0 Å². The fourth-order valence-corrected chi connectivity index (χ4v) is 1.86. The second kappa shape index (κ2) is 10.0. The van der Waals surface area contributed by atoms with Crippen LogP contribution in [0.3, 0.4) is 0 Å². The SMILES string of the molecule is CCCCOc1ccc(OC)cc1NC(=O)CC(CN)OC. The molecule has 1 amide bonds. The maximum Gasteiger partial charge on any atom is 0.227 e. The van der Waals surface area contributed by atoms with Gasteiger partial charge in [-0.15, -0.1) is 0 Å². The number of amides is 1. The van der Waals surface area contributed by atoms with Crippen molar-refractivity contribution in [2.75, 3.05) is 32.7 Å². The van der Waals surface area contributed by atoms with Gasteiger partial charge in [-0.05, 0) is 18.6 Å². The lowest BCUT2D eigenvalue weighted by Crippen LogP contribution is -2.28. The van der Waals surface area contributed by atoms with Crippen molar-refractivity contribution in [3.63, 3.8) is 0 Å². The Morgan fingerprint density at radius 3 is 2.73 bits per heavy atom. The molecule has 6 nitrogen and oxygen atoms in total. The first-order chi connectivity index (χ1) is 10.6. The number of nitrogens with two attached hydrogens (primary N) is 1. The van der Waals surface area contributed by atoms with Gasteiger partial charge in [0.15, 0.2) is 0 Å². The van der Waals surface area contributed by atoms with E-state index >= 15 is 0 Å². The molecule has 1 unspecified atom stereocenters. The number of hydrogen-bond acceptors (Lipinski definition) is 5. The van der Waals surface area contributed by atoms with E-state index in [2.05, 4.69) is 12.2 Å². The number of benzene rings is 1. The van der Waals surface area contributed by atoms with Crippen LogP contribution in [-0.4, -0.2) is 39.4 Å². The monoisotopic (exact) mass is 310 g/mol. The molecule has 0 saturated carbocycles. The average molecular weight is 310 g/mol. The molecule has 6 heteroatoms. The second-order valence-corrected chi connectivity index (χ2v) is 4.91. The van der Waals surface area contributed by atoms with Crippen LogP contribution in [0.1, 0.15) is 26.2 Å². The van der Waals surface area contributed by atoms with E-state index in [9.17, 15) is 4.79 Å². The second-order valence-electron chi connectivity index (χ2n) is 4.91. The van der Waals surface area contributed by atoms with Gasteiger partial charge in [-0.25, -0.2) is 0 Å². The van der Waals surface area contributed by atoms with Crippen molar-refractivity contribution >= 4 is 11.6 Å². The maximum atomic E-state index is 12.1. The van der Waals surface area contributed by atoms with Crippen LogP contribution in [-0.2, 0) is 9.53 Å². The highest BCUT2D eigenvalue weighted by Crippen LogP contribution is 2.29. The number of carbonyl (C=O) groups is 1. The molecule has 1 rings (SSSR count). The molecule has 1 atom stereocenters. The summed E-state index contributed by atoms with van der Waals surface area (Å²) in [5, 5.41) is 2.83. The summed E-state index contributed by atoms with van der Waals surface area (Å²) in [5.41, 5.74) is 6.12. The first kappa shape index (κ1) is 18.3. The molecule has 0 aliphatic rings. The van der Waals surface area contributed by atoms with Crippen LogP contribution in [0.15, 0.2) is 18.2 Å². The van der Waals surface area contributed by atoms with Crippen LogP contribution < -0.4 is 20.5 Å². The van der Waals surface area contributed by atoms with E-state index in [-0.39, 0.29) is 18.4 Å². The normalized spacial score (nSPS) is 11.8. The molecule has 3 N–H and O–H groups in total. The Bertz CT molecular complexity index is 461. The minimum absolute atomic E-state index is 0.175. The zero-order valence-electron chi connectivity index (χ0n) is 13.6. The van der Waals surface area contributed by atoms with Gasteiger partial charge < -0.3 is 25.3 Å². The van der Waals surface area contributed by atoms with Crippen LogP contribution in [0.5, 0.6) is 11.5 Å². The van der Waals surface area contributed by atoms with Crippen molar-refractivity contribution in [3.05, 3.63) is 18.2 Å². The standard InChI is InChI=1S/C16H26N2O4/c1-4-5-8-22-15-7-6-12(20-2)9-14(15)18-16(19)10-13(11-17)21-3/h6-7,9,13H,4-5,8,10-11,17H2,1-3H3,(H,18,19). The summed E-state index contributed by atoms with van der Waals surface area (Å²) in [7, 11) is 3.11. The topological polar surface area (TPSA) is 82.8 Å². The van der Waals surface area contributed by atoms with Gasteiger partial charge in [0, 0.05) is 19.7 Å². The first-order valence-corrected chi connectivity index (χ1v) is 7.48. The number of methoxy groups -OCH3 is 2. The van der Waals surface area contributed by atoms with Crippen molar-refractivity contribution in [2.45, 2.75) is 32.3 Å². The van der Waals surface area contributed by atoms with Crippen molar-refractivity contribution in [2.24, 2.45) is 5.73 Å². The third-order valence-corrected chi connectivity index (χ3v) is 3.23. The summed E-state index contributed by atoms with van der Waals surface area (Å²) in [6.07, 6.45) is 1.90. The lowest BCUT2D eigenvalue weighted by atomic mass is 10.2. The summed E-state index contributed by atoms with van der Waals surface area (Å²) in [4.78, 5) is 12.1. The molecular formula is C16H26N2O4. The predicted molar refractivity (Wildman–Crippen MR) is 86.5 cm³/mol. The lowest BCUT2D eigenvalue weighted by molar-refractivity contribution is -0.118. The van der Waals surface area contributed by atoms with E-state index < -0.39 is 0 Å². The number of anilines is 1. The Balaban J connectivity index is 2.78. The number of nitrogens with one attached hydrogen (secondary N) is 1. The van der Waals surface area contributed by atoms with Crippen LogP contribution in [0, 0.1) is 0 Å². The van der Waals surface area contributed by atoms with Gasteiger partial charge in [-0.1, -0.05) is 13.3 Å². The van der Waals surface area contributed by atoms with Gasteiger partial charge in [0.05, 0.1) is 31.9 Å². The summed E-state index contributed by atoms with van der Waals surface area (Å²) in [6, 6.07) is 5.33. The van der Waals surface area contributed by atoms with Crippen LogP contribution in [0.4, 0.5) is 5.69 Å². The molecular weight excluding hydrogens is 284 g/mol. The summed E-state index contributed by atoms with van der Waals surface area (Å²) >= 11 is 0. The molecule has 0 heterocycles. The van der Waals surface area contributed by atoms with Crippen molar-refractivity contribution in [3.8, 4) is 11.5 Å². The largest absolute Gasteiger partial charge is 0.497 e. The first-order valence-electron chi connectivity index (χ1n) is 7.48. The van der Waals surface area contributed by atoms with E-state index in [0.29, 0.717) is 30.3 Å². The molecule has 0 spiro atoms. The maximum absolute atomic E-state index is 12.1. The minimum atomic E-state index is -0.296. The number of carbonyl (C=O) groups excluding carboxylic acids is 1. The fourth-order valence-electron chi connectivity index (χ4n) is 1.86. The van der Waals surface area contributed by atoms with E-state index in [4.69, 9.17) is 19.9 Å². The van der Waals surface area contributed by atoms with Gasteiger partial charge in [0.2, 0.25) is 5.91 Å². The molecule has 0 aliphatic carbocycles. The molecule has 0 bridgehead atoms. The number of ether oxygens (including phenoxy) is 3. The molecule has 0 aliphatic heterocycles. The molecule has 124 valence electrons. The molecule has 0 saturated heterocycles. The Kier molecular flexibility index (Phi) is 8.32. The van der Waals surface area contributed by atoms with Crippen molar-refractivity contribution in [1.82, 2.24) is 0 Å². The van der Waals surface area contributed by atoms with Gasteiger partial charge in [0.25, 0.3) is 0 Å². The van der Waals surface area contributed by atoms with E-state index in [1.165, 1.54) is 7.11 Å². The zero-order valence-corrected chi connectivity index (χ0v) is 13.6. The number of rotatable bonds is 10. The summed E-state index contributed by atoms with van der Waals surface area (Å²) < 4.78 is 16.0. The predicted octanol–water partition coefficient (Wildman–Crippen LogP) is 2.18. The minimum Gasteiger partial charge on any atom is -0.497 e. The highest BCUT2D eigenvalue weighted by molar-refractivity contribution is 5.92. The Morgan fingerprint density at radius 1 is 1.36 bits per heavy atom. The summed E-state index contributed by atoms with van der Waals surface area (Å²) in [5.74, 6) is 1.11. The Hall–Kier alpha value is -1.79. The third-order valence-electron chi connectivity index (χ3n) is 3.23. The van der Waals surface area contributed by atoms with E-state index in [1.807, 2.05) is 0 Å². The van der Waals surface area contributed by atoms with Gasteiger partial charge in [-0.2, -0.15) is 0 Å². The third kappa shape index (κ3) is 5.91. The van der Waals surface area contributed by atoms with Crippen molar-refractivity contribution in [1.29, 1.82) is 0 Å². The molecule has 0 aromatic heterocycles. The average Bonchev–Trinajstić information content (AvgIpc) is 2.54. The quantitative estimate of drug-likeness (QED) is 0.647. The number of hydrogen-bond donors (Lipinski definition) is 2. The zero-order chi connectivity index (χ0) is 16.4. The van der Waals surface area contributed by atoms with Gasteiger partial charge in [-0.3, -0.25) is 4.79 Å². The smallest absolute Gasteiger partial charge is 0.227 e. The fraction of sp³-hybridized carbons (Fsp3) is 0.562. The lowest BCUT2D eigenvalue weighted by Gasteiger charge is -2.16. The molecule has 22 heavy (non-hydrogen) atoms. The van der Waals surface area contributed by atoms with Crippen LogP contribution in [0.25, 0.3) is 0 Å². The molecule has 1 aromatic rings. The highest BCUT2D eigenvalue weighted by atomic mass is 16.5. The molecule has 0 radical (unpaired) electrons. The van der Waals surface area contributed by atoms with E-state index in [1.54, 1.807) is 25.3 Å². The van der Waals surface area contributed by atoms with Crippen LogP contribution >= 0.6 is 0 Å². The highest BCUT2D eigenvalue weighted by Gasteiger charge is 2.14. The Morgan fingerprint density at radius 2 is 2.14 bits per heavy atom.